The van der Waals surface area contributed by atoms with Gasteiger partial charge < -0.3 is 24.8 Å². The molecule has 5 aliphatic carbocycles. The van der Waals surface area contributed by atoms with Gasteiger partial charge in [0.2, 0.25) is 0 Å². The summed E-state index contributed by atoms with van der Waals surface area (Å²) < 4.78 is 35.5. The summed E-state index contributed by atoms with van der Waals surface area (Å²) in [5, 5.41) is 13.8. The fourth-order valence-electron chi connectivity index (χ4n) is 13.8. The first-order chi connectivity index (χ1) is 23.3. The number of rotatable bonds is 7. The number of allylic oxidation sites excluding steroid dienone is 2. The van der Waals surface area contributed by atoms with Gasteiger partial charge in [-0.05, 0) is 122 Å². The minimum absolute atomic E-state index is 0.0811. The van der Waals surface area contributed by atoms with Crippen LogP contribution in [0, 0.1) is 51.2 Å². The molecule has 1 saturated heterocycles. The van der Waals surface area contributed by atoms with Crippen molar-refractivity contribution in [3.05, 3.63) is 35.6 Å². The molecule has 2 N–H and O–H groups in total. The average molecular weight is 713 g/mol. The smallest absolute Gasteiger partial charge is 0.376 e. The molecule has 7 aliphatic rings. The Labute approximate surface area is 301 Å². The maximum Gasteiger partial charge on any atom is 0.376 e. The van der Waals surface area contributed by atoms with Crippen LogP contribution in [0.5, 0.6) is 0 Å². The van der Waals surface area contributed by atoms with E-state index < -0.39 is 21.6 Å². The maximum absolute atomic E-state index is 12.0. The van der Waals surface area contributed by atoms with Crippen LogP contribution < -0.4 is 5.32 Å². The van der Waals surface area contributed by atoms with E-state index in [0.29, 0.717) is 54.2 Å². The van der Waals surface area contributed by atoms with Crippen LogP contribution in [0.15, 0.2) is 35.6 Å². The SMILES string of the molecule is C=C(C)C1CCC2(NCCN3CCS(=O)(=O)CC3)CCC3(C)C(CCC4C5(C)CC=C(C6=COC(C)(C(=O)O)OC6)C(C)(C)C5CCC43C)C12. The molecule has 8 nitrogen and oxygen atoms in total. The molecule has 0 amide bonds. The summed E-state index contributed by atoms with van der Waals surface area (Å²) in [5.74, 6) is 0.797. The van der Waals surface area contributed by atoms with Crippen molar-refractivity contribution in [2.75, 3.05) is 44.3 Å². The van der Waals surface area contributed by atoms with Crippen molar-refractivity contribution in [2.45, 2.75) is 118 Å². The molecular weight excluding hydrogens is 649 g/mol. The van der Waals surface area contributed by atoms with Gasteiger partial charge >= 0.3 is 11.8 Å². The number of hydrogen-bond acceptors (Lipinski definition) is 7. The molecular formula is C41H64N2O6S. The first-order valence-corrected chi connectivity index (χ1v) is 21.4. The number of sulfone groups is 1. The summed E-state index contributed by atoms with van der Waals surface area (Å²) in [5.41, 5.74) is 4.34. The van der Waals surface area contributed by atoms with Crippen molar-refractivity contribution < 1.29 is 27.8 Å². The minimum Gasteiger partial charge on any atom is -0.476 e. The lowest BCUT2D eigenvalue weighted by Gasteiger charge is -2.72. The highest BCUT2D eigenvalue weighted by molar-refractivity contribution is 7.91. The van der Waals surface area contributed by atoms with Gasteiger partial charge in [-0.2, -0.15) is 0 Å². The van der Waals surface area contributed by atoms with Crippen LogP contribution in [0.2, 0.25) is 0 Å². The van der Waals surface area contributed by atoms with Crippen molar-refractivity contribution in [3.8, 4) is 0 Å². The highest BCUT2D eigenvalue weighted by Crippen LogP contribution is 2.76. The molecule has 0 aromatic heterocycles. The summed E-state index contributed by atoms with van der Waals surface area (Å²) in [6.07, 6.45) is 15.0. The highest BCUT2D eigenvalue weighted by atomic mass is 32.2. The Balaban J connectivity index is 1.13. The molecule has 10 atom stereocenters. The van der Waals surface area contributed by atoms with Crippen LogP contribution in [0.1, 0.15) is 106 Å². The van der Waals surface area contributed by atoms with E-state index in [1.165, 1.54) is 69.4 Å². The Hall–Kier alpha value is -1.68. The lowest BCUT2D eigenvalue weighted by atomic mass is 9.33. The Kier molecular flexibility index (Phi) is 8.93. The van der Waals surface area contributed by atoms with E-state index in [2.05, 4.69) is 64.4 Å². The summed E-state index contributed by atoms with van der Waals surface area (Å²) in [6.45, 7) is 24.5. The second kappa shape index (κ2) is 12.2. The van der Waals surface area contributed by atoms with Crippen molar-refractivity contribution >= 4 is 15.8 Å². The molecule has 0 spiro atoms. The molecule has 0 radical (unpaired) electrons. The van der Waals surface area contributed by atoms with Crippen molar-refractivity contribution in [3.63, 3.8) is 0 Å². The minimum atomic E-state index is -2.87. The van der Waals surface area contributed by atoms with E-state index in [-0.39, 0.29) is 33.8 Å². The number of carboxylic acids is 1. The number of hydrogen-bond donors (Lipinski definition) is 2. The van der Waals surface area contributed by atoms with E-state index in [1.54, 1.807) is 6.26 Å². The van der Waals surface area contributed by atoms with E-state index in [1.807, 2.05) is 0 Å². The van der Waals surface area contributed by atoms with Gasteiger partial charge in [0.1, 0.15) is 0 Å². The monoisotopic (exact) mass is 712 g/mol. The van der Waals surface area contributed by atoms with Crippen molar-refractivity contribution in [1.82, 2.24) is 10.2 Å². The summed E-state index contributed by atoms with van der Waals surface area (Å²) in [4.78, 5) is 14.1. The molecule has 0 aromatic carbocycles. The molecule has 4 saturated carbocycles. The predicted molar refractivity (Wildman–Crippen MR) is 197 cm³/mol. The van der Waals surface area contributed by atoms with Gasteiger partial charge in [-0.15, -0.1) is 0 Å². The zero-order valence-electron chi connectivity index (χ0n) is 31.9. The van der Waals surface area contributed by atoms with Gasteiger partial charge in [0.05, 0.1) is 24.4 Å². The van der Waals surface area contributed by atoms with Crippen LogP contribution in [-0.2, 0) is 24.1 Å². The van der Waals surface area contributed by atoms with E-state index in [0.717, 1.165) is 25.1 Å². The van der Waals surface area contributed by atoms with Gasteiger partial charge in [0.15, 0.2) is 9.84 Å². The lowest BCUT2D eigenvalue weighted by molar-refractivity contribution is -0.225. The first kappa shape index (κ1) is 36.7. The topological polar surface area (TPSA) is 105 Å². The number of nitrogens with one attached hydrogen (secondary N) is 1. The van der Waals surface area contributed by atoms with Crippen LogP contribution in [0.25, 0.3) is 0 Å². The lowest BCUT2D eigenvalue weighted by Crippen LogP contribution is -2.68. The van der Waals surface area contributed by atoms with Crippen molar-refractivity contribution in [2.24, 2.45) is 51.2 Å². The standard InChI is InChI=1S/C41H64N2O6S/c1-27(2)29-11-16-41(42-19-20-43-21-23-50(46,47)24-22-43)18-17-38(6)31(34(29)41)9-10-33-37(5)14-12-30(28-25-48-40(8,35(44)45)49-26-28)36(3,4)32(37)13-15-39(33,38)7/h12,25,29,31-34,42H,1,9-11,13-24,26H2,2-8H3,(H,44,45). The van der Waals surface area contributed by atoms with Gasteiger partial charge in [0, 0.05) is 44.2 Å². The molecule has 50 heavy (non-hydrogen) atoms. The number of fused-ring (bicyclic) bond motifs is 7. The first-order valence-electron chi connectivity index (χ1n) is 19.6. The number of nitrogens with zero attached hydrogens (tertiary/aromatic N) is 1. The Morgan fingerprint density at radius 3 is 2.34 bits per heavy atom. The van der Waals surface area contributed by atoms with Gasteiger partial charge in [-0.3, -0.25) is 0 Å². The second-order valence-corrected chi connectivity index (χ2v) is 21.4. The number of ether oxygens (including phenoxy) is 2. The zero-order valence-corrected chi connectivity index (χ0v) is 32.7. The van der Waals surface area contributed by atoms with Crippen LogP contribution in [-0.4, -0.2) is 80.0 Å². The van der Waals surface area contributed by atoms with E-state index >= 15 is 0 Å². The Bertz CT molecular complexity index is 1570. The molecule has 7 rings (SSSR count). The normalized spacial score (nSPS) is 46.6. The molecule has 2 heterocycles. The molecule has 2 aliphatic heterocycles. The van der Waals surface area contributed by atoms with Crippen LogP contribution in [0.4, 0.5) is 0 Å². The van der Waals surface area contributed by atoms with Crippen LogP contribution in [0.3, 0.4) is 0 Å². The predicted octanol–water partition coefficient (Wildman–Crippen LogP) is 6.98. The number of carboxylic acid groups (broad SMARTS) is 1. The fourth-order valence-corrected chi connectivity index (χ4v) is 15.0. The number of carbonyl (C=O) groups is 1. The summed E-state index contributed by atoms with van der Waals surface area (Å²) >= 11 is 0. The van der Waals surface area contributed by atoms with Crippen LogP contribution >= 0.6 is 0 Å². The molecule has 280 valence electrons. The third kappa shape index (κ3) is 5.43. The largest absolute Gasteiger partial charge is 0.476 e. The highest BCUT2D eigenvalue weighted by Gasteiger charge is 2.70. The van der Waals surface area contributed by atoms with E-state index in [9.17, 15) is 18.3 Å². The molecule has 9 heteroatoms. The molecule has 5 fully saturated rings. The van der Waals surface area contributed by atoms with Gasteiger partial charge in [-0.1, -0.05) is 52.8 Å². The van der Waals surface area contributed by atoms with Crippen molar-refractivity contribution in [1.29, 1.82) is 0 Å². The zero-order chi connectivity index (χ0) is 36.1. The maximum atomic E-state index is 12.0. The quantitative estimate of drug-likeness (QED) is 0.273. The average Bonchev–Trinajstić information content (AvgIpc) is 3.43. The summed E-state index contributed by atoms with van der Waals surface area (Å²) in [6, 6.07) is 0. The molecule has 0 bridgehead atoms. The number of aliphatic carboxylic acids is 1. The van der Waals surface area contributed by atoms with Gasteiger partial charge in [-0.25, -0.2) is 13.2 Å². The summed E-state index contributed by atoms with van der Waals surface area (Å²) in [7, 11) is -2.87. The Morgan fingerprint density at radius 1 is 0.980 bits per heavy atom. The van der Waals surface area contributed by atoms with Gasteiger partial charge in [0.25, 0.3) is 0 Å². The Morgan fingerprint density at radius 2 is 1.70 bits per heavy atom. The fraction of sp³-hybridized carbons (Fsp3) is 0.829. The third-order valence-corrected chi connectivity index (χ3v) is 18.3. The second-order valence-electron chi connectivity index (χ2n) is 19.1. The molecule has 0 aromatic rings. The van der Waals surface area contributed by atoms with E-state index in [4.69, 9.17) is 9.47 Å². The third-order valence-electron chi connectivity index (χ3n) is 16.6. The molecule has 10 unspecified atom stereocenters.